The number of hydrogen-bond acceptors (Lipinski definition) is 6. The molecule has 2 aliphatic heterocycles. The summed E-state index contributed by atoms with van der Waals surface area (Å²) in [5.74, 6) is -2.49. The molecule has 1 N–H and O–H groups in total. The third kappa shape index (κ3) is 1.86. The highest BCUT2D eigenvalue weighted by Gasteiger charge is 2.68. The molecule has 0 aromatic carbocycles. The van der Waals surface area contributed by atoms with Crippen LogP contribution in [-0.2, 0) is 14.3 Å². The van der Waals surface area contributed by atoms with Crippen molar-refractivity contribution in [2.75, 3.05) is 6.54 Å². The summed E-state index contributed by atoms with van der Waals surface area (Å²) in [4.78, 5) is 22.2. The lowest BCUT2D eigenvalue weighted by Gasteiger charge is -2.27. The summed E-state index contributed by atoms with van der Waals surface area (Å²) in [5.41, 5.74) is 0. The minimum Gasteiger partial charge on any atom is -0.477 e. The topological polar surface area (TPSA) is 101 Å². The van der Waals surface area contributed by atoms with Crippen molar-refractivity contribution >= 4 is 52.6 Å². The monoisotopic (exact) mass is 301 g/mol. The summed E-state index contributed by atoms with van der Waals surface area (Å²) in [6, 6.07) is 0. The average molecular weight is 302 g/mol. The molecule has 0 bridgehead atoms. The summed E-state index contributed by atoms with van der Waals surface area (Å²) in [5, 5.41) is 19.0. The number of nitrogens with zero attached hydrogens (tertiary/aromatic N) is 4. The normalized spacial score (nSPS) is 31.1. The number of amidine groups is 1. The molecule has 1 saturated heterocycles. The number of ether oxygens (including phenoxy) is 1. The van der Waals surface area contributed by atoms with E-state index in [1.54, 1.807) is 0 Å². The van der Waals surface area contributed by atoms with Gasteiger partial charge in [0.2, 0.25) is 6.54 Å². The fraction of sp³-hybridized carbons (Fsp3) is 0.500. The summed E-state index contributed by atoms with van der Waals surface area (Å²) < 4.78 is 1.84. The van der Waals surface area contributed by atoms with Crippen LogP contribution in [0.25, 0.3) is 0 Å². The van der Waals surface area contributed by atoms with Crippen LogP contribution in [0.1, 0.15) is 0 Å². The number of alkyl halides is 3. The van der Waals surface area contributed by atoms with Crippen LogP contribution in [-0.4, -0.2) is 44.0 Å². The lowest BCUT2D eigenvalue weighted by atomic mass is 10.4. The average Bonchev–Trinajstić information content (AvgIpc) is 2.63. The lowest BCUT2D eigenvalue weighted by Crippen LogP contribution is -2.57. The smallest absolute Gasteiger partial charge is 0.423 e. The first-order valence-electron chi connectivity index (χ1n) is 4.15. The van der Waals surface area contributed by atoms with E-state index in [2.05, 4.69) is 15.5 Å². The van der Waals surface area contributed by atoms with Gasteiger partial charge >= 0.3 is 24.0 Å². The molecule has 11 heteroatoms. The first kappa shape index (κ1) is 12.5. The third-order valence-corrected chi connectivity index (χ3v) is 2.71. The van der Waals surface area contributed by atoms with Crippen molar-refractivity contribution in [3.8, 4) is 0 Å². The molecule has 17 heavy (non-hydrogen) atoms. The number of cyclic esters (lactones) is 1. The van der Waals surface area contributed by atoms with E-state index < -0.39 is 33.1 Å². The molecular weight excluding hydrogens is 298 g/mol. The minimum absolute atomic E-state index is 0.316. The second-order valence-electron chi connectivity index (χ2n) is 3.28. The van der Waals surface area contributed by atoms with Gasteiger partial charge in [-0.25, -0.2) is 9.59 Å². The van der Waals surface area contributed by atoms with Crippen molar-refractivity contribution in [2.45, 2.75) is 10.0 Å². The largest absolute Gasteiger partial charge is 0.477 e. The quantitative estimate of drug-likeness (QED) is 0.464. The second-order valence-corrected chi connectivity index (χ2v) is 5.65. The van der Waals surface area contributed by atoms with Crippen molar-refractivity contribution in [3.05, 3.63) is 0 Å². The van der Waals surface area contributed by atoms with Crippen LogP contribution in [0.3, 0.4) is 0 Å². The van der Waals surface area contributed by atoms with Crippen LogP contribution >= 0.6 is 34.8 Å². The Kier molecular flexibility index (Phi) is 2.77. The van der Waals surface area contributed by atoms with Gasteiger partial charge < -0.3 is 9.84 Å². The summed E-state index contributed by atoms with van der Waals surface area (Å²) >= 11 is 16.9. The van der Waals surface area contributed by atoms with Gasteiger partial charge in [-0.3, -0.25) is 0 Å². The van der Waals surface area contributed by atoms with E-state index in [1.807, 2.05) is 0 Å². The van der Waals surface area contributed by atoms with Crippen LogP contribution < -0.4 is 0 Å². The van der Waals surface area contributed by atoms with E-state index in [0.717, 1.165) is 0 Å². The molecule has 92 valence electrons. The predicted octanol–water partition coefficient (Wildman–Crippen LogP) is 0.835. The third-order valence-electron chi connectivity index (χ3n) is 2.15. The number of halogens is 3. The molecule has 2 rings (SSSR count). The molecular formula is C6H4Cl3N4O4+. The number of carbonyl (C=O) groups excluding carboxylic acids is 1. The Morgan fingerprint density at radius 1 is 1.53 bits per heavy atom. The first-order valence-corrected chi connectivity index (χ1v) is 5.29. The molecule has 0 radical (unpaired) electrons. The van der Waals surface area contributed by atoms with Gasteiger partial charge in [-0.2, -0.15) is 0 Å². The number of rotatable bonds is 2. The van der Waals surface area contributed by atoms with Crippen LogP contribution in [0.5, 0.6) is 0 Å². The molecule has 2 unspecified atom stereocenters. The lowest BCUT2D eigenvalue weighted by molar-refractivity contribution is -0.878. The Balaban J connectivity index is 2.48. The highest BCUT2D eigenvalue weighted by molar-refractivity contribution is 6.68. The standard InChI is InChI=1S/C6H3Cl3N4O4/c7-6(8,9)5-13(1-2(14)15)3(4(16)17-5)10-11-12-13/h5H,1H2/p+1. The van der Waals surface area contributed by atoms with Crippen LogP contribution in [0.2, 0.25) is 0 Å². The number of esters is 1. The first-order chi connectivity index (χ1) is 7.77. The van der Waals surface area contributed by atoms with Crippen molar-refractivity contribution < 1.29 is 24.0 Å². The molecule has 0 aromatic rings. The maximum absolute atomic E-state index is 11.4. The Labute approximate surface area is 109 Å². The second kappa shape index (κ2) is 3.77. The Hall–Kier alpha value is -0.960. The van der Waals surface area contributed by atoms with Gasteiger partial charge in [-0.15, -0.1) is 0 Å². The number of carbonyl (C=O) groups is 2. The van der Waals surface area contributed by atoms with Crippen molar-refractivity contribution in [1.82, 2.24) is 0 Å². The number of hydrogen-bond donors (Lipinski definition) is 1. The van der Waals surface area contributed by atoms with Crippen molar-refractivity contribution in [3.63, 3.8) is 0 Å². The zero-order valence-corrected chi connectivity index (χ0v) is 10.1. The minimum atomic E-state index is -2.05. The van der Waals surface area contributed by atoms with Gasteiger partial charge in [0.05, 0.1) is 5.22 Å². The van der Waals surface area contributed by atoms with E-state index >= 15 is 0 Å². The predicted molar refractivity (Wildman–Crippen MR) is 55.2 cm³/mol. The molecule has 0 amide bonds. The Morgan fingerprint density at radius 2 is 2.18 bits per heavy atom. The Morgan fingerprint density at radius 3 is 2.71 bits per heavy atom. The zero-order valence-electron chi connectivity index (χ0n) is 7.88. The maximum Gasteiger partial charge on any atom is 0.423 e. The number of quaternary nitrogens is 1. The van der Waals surface area contributed by atoms with Crippen LogP contribution in [0.4, 0.5) is 0 Å². The number of aliphatic carboxylic acids is 1. The van der Waals surface area contributed by atoms with E-state index in [4.69, 9.17) is 44.6 Å². The molecule has 8 nitrogen and oxygen atoms in total. The number of carboxylic acids is 1. The molecule has 0 aliphatic carbocycles. The van der Waals surface area contributed by atoms with Gasteiger partial charge in [0.25, 0.3) is 3.79 Å². The van der Waals surface area contributed by atoms with Crippen molar-refractivity contribution in [1.29, 1.82) is 0 Å². The Bertz CT molecular complexity index is 459. The fourth-order valence-corrected chi connectivity index (χ4v) is 2.17. The molecule has 0 aromatic heterocycles. The fourth-order valence-electron chi connectivity index (χ4n) is 1.56. The number of carboxylic acid groups (broad SMARTS) is 1. The van der Waals surface area contributed by atoms with Gasteiger partial charge in [-0.05, 0) is 0 Å². The van der Waals surface area contributed by atoms with Gasteiger partial charge in [0, 0.05) is 5.22 Å². The molecule has 0 saturated carbocycles. The summed E-state index contributed by atoms with van der Waals surface area (Å²) in [6.45, 7) is -0.660. The molecule has 2 atom stereocenters. The van der Waals surface area contributed by atoms with Crippen molar-refractivity contribution in [2.24, 2.45) is 15.5 Å². The number of fused-ring (bicyclic) bond motifs is 1. The molecule has 2 aliphatic rings. The molecule has 0 spiro atoms. The van der Waals surface area contributed by atoms with E-state index in [1.165, 1.54) is 0 Å². The zero-order chi connectivity index (χ0) is 12.8. The molecule has 2 heterocycles. The van der Waals surface area contributed by atoms with E-state index in [9.17, 15) is 9.59 Å². The van der Waals surface area contributed by atoms with Crippen LogP contribution in [0, 0.1) is 0 Å². The van der Waals surface area contributed by atoms with Gasteiger partial charge in [0.1, 0.15) is 0 Å². The SMILES string of the molecule is O=C(O)C[N+]12N=NN=C1C(=O)OC2C(Cl)(Cl)Cl. The molecule has 1 fully saturated rings. The highest BCUT2D eigenvalue weighted by atomic mass is 35.6. The van der Waals surface area contributed by atoms with E-state index in [-0.39, 0.29) is 5.84 Å². The van der Waals surface area contributed by atoms with Gasteiger partial charge in [0.15, 0.2) is 0 Å². The maximum atomic E-state index is 11.4. The highest BCUT2D eigenvalue weighted by Crippen LogP contribution is 2.43. The summed E-state index contributed by atoms with van der Waals surface area (Å²) in [6.07, 6.45) is -1.43. The van der Waals surface area contributed by atoms with Gasteiger partial charge in [-0.1, -0.05) is 44.5 Å². The van der Waals surface area contributed by atoms with E-state index in [0.29, 0.717) is 0 Å². The van der Waals surface area contributed by atoms with Crippen LogP contribution in [0.15, 0.2) is 15.5 Å². The summed E-state index contributed by atoms with van der Waals surface area (Å²) in [7, 11) is 0.